The lowest BCUT2D eigenvalue weighted by molar-refractivity contribution is -0.146. The van der Waals surface area contributed by atoms with Gasteiger partial charge >= 0.3 is 11.9 Å². The Bertz CT molecular complexity index is 1000. The highest BCUT2D eigenvalue weighted by Crippen LogP contribution is 2.22. The van der Waals surface area contributed by atoms with Crippen molar-refractivity contribution in [1.82, 2.24) is 14.5 Å². The molecule has 7 heteroatoms. The summed E-state index contributed by atoms with van der Waals surface area (Å²) in [5.74, 6) is 1.03. The van der Waals surface area contributed by atoms with Gasteiger partial charge in [0.15, 0.2) is 0 Å². The van der Waals surface area contributed by atoms with Gasteiger partial charge in [-0.2, -0.15) is 0 Å². The van der Waals surface area contributed by atoms with Crippen LogP contribution in [0.3, 0.4) is 0 Å². The number of rotatable bonds is 45. The van der Waals surface area contributed by atoms with Crippen LogP contribution in [0.25, 0.3) is 0 Å². The summed E-state index contributed by atoms with van der Waals surface area (Å²) in [5, 5.41) is 0. The van der Waals surface area contributed by atoms with Crippen LogP contribution in [0.4, 0.5) is 0 Å². The van der Waals surface area contributed by atoms with Crippen LogP contribution in [0.5, 0.6) is 0 Å². The van der Waals surface area contributed by atoms with Gasteiger partial charge in [0.25, 0.3) is 0 Å². The number of unbranched alkanes of at least 4 members (excludes halogenated alkanes) is 21. The van der Waals surface area contributed by atoms with Crippen molar-refractivity contribution in [1.29, 1.82) is 0 Å². The zero-order valence-electron chi connectivity index (χ0n) is 39.1. The lowest BCUT2D eigenvalue weighted by atomic mass is 9.95. The summed E-state index contributed by atoms with van der Waals surface area (Å²) >= 11 is 0. The second-order valence-corrected chi connectivity index (χ2v) is 17.9. The lowest BCUT2D eigenvalue weighted by Gasteiger charge is -2.22. The molecule has 2 atom stereocenters. The summed E-state index contributed by atoms with van der Waals surface area (Å²) in [6.07, 6.45) is 46.4. The van der Waals surface area contributed by atoms with Gasteiger partial charge in [-0.05, 0) is 89.3 Å². The number of nitrogens with zero attached hydrogens (tertiary/aromatic N) is 3. The quantitative estimate of drug-likeness (QED) is 0.0482. The Morgan fingerprint density at radius 3 is 1.24 bits per heavy atom. The van der Waals surface area contributed by atoms with Gasteiger partial charge in [0, 0.05) is 31.8 Å². The van der Waals surface area contributed by atoms with E-state index in [1.165, 1.54) is 161 Å². The van der Waals surface area contributed by atoms with Crippen molar-refractivity contribution >= 4 is 11.9 Å². The van der Waals surface area contributed by atoms with Gasteiger partial charge < -0.3 is 18.9 Å². The fourth-order valence-electron chi connectivity index (χ4n) is 8.31. The Balaban J connectivity index is 2.39. The molecule has 0 saturated carbocycles. The Hall–Kier alpha value is -1.89. The van der Waals surface area contributed by atoms with E-state index < -0.39 is 0 Å². The normalized spacial score (nSPS) is 12.6. The first-order valence-electron chi connectivity index (χ1n) is 25.5. The smallest absolute Gasteiger partial charge is 0.305 e. The Kier molecular flexibility index (Phi) is 39.0. The van der Waals surface area contributed by atoms with Crippen LogP contribution in [0.2, 0.25) is 0 Å². The van der Waals surface area contributed by atoms with E-state index in [1.807, 2.05) is 18.7 Å². The third-order valence-electron chi connectivity index (χ3n) is 12.2. The van der Waals surface area contributed by atoms with Crippen LogP contribution < -0.4 is 0 Å². The molecule has 1 rings (SSSR count). The molecule has 1 heterocycles. The van der Waals surface area contributed by atoms with Crippen LogP contribution >= 0.6 is 0 Å². The third kappa shape index (κ3) is 34.9. The van der Waals surface area contributed by atoms with E-state index in [2.05, 4.69) is 42.1 Å². The van der Waals surface area contributed by atoms with Crippen molar-refractivity contribution in [3.8, 4) is 0 Å². The first kappa shape index (κ1) is 54.1. The molecule has 7 nitrogen and oxygen atoms in total. The molecule has 0 amide bonds. The van der Waals surface area contributed by atoms with Crippen LogP contribution in [0.15, 0.2) is 18.7 Å². The van der Waals surface area contributed by atoms with E-state index in [1.54, 1.807) is 0 Å². The topological polar surface area (TPSA) is 73.7 Å². The number of hydrogen-bond acceptors (Lipinski definition) is 6. The number of aromatic nitrogens is 2. The molecule has 0 aliphatic heterocycles. The fraction of sp³-hybridized carbons (Fsp3) is 0.902. The molecular formula is C51H97N3O4. The van der Waals surface area contributed by atoms with Gasteiger partial charge in [-0.1, -0.05) is 175 Å². The molecule has 0 aliphatic carbocycles. The predicted molar refractivity (Wildman–Crippen MR) is 247 cm³/mol. The van der Waals surface area contributed by atoms with E-state index >= 15 is 0 Å². The van der Waals surface area contributed by atoms with E-state index in [9.17, 15) is 9.59 Å². The second kappa shape index (κ2) is 41.8. The number of esters is 2. The molecule has 0 bridgehead atoms. The highest BCUT2D eigenvalue weighted by atomic mass is 16.5. The summed E-state index contributed by atoms with van der Waals surface area (Å²) in [4.78, 5) is 32.3. The standard InChI is InChI=1S/C51H97N3O4/c1-5-9-13-17-19-21-27-36-49(34-25-16-12-8-4)46-58-51(56)38-29-23-31-41-53(42-32-43-54-44-39-52-47-54)40-30-22-28-37-50(55)57-45-48(33-24-15-11-7-3)35-26-20-18-14-10-6-2/h39,44,47-49H,5-38,40-43,45-46H2,1-4H3. The molecule has 0 radical (unpaired) electrons. The lowest BCUT2D eigenvalue weighted by Crippen LogP contribution is -2.28. The molecule has 0 aliphatic rings. The molecule has 340 valence electrons. The molecule has 0 spiro atoms. The molecule has 58 heavy (non-hydrogen) atoms. The summed E-state index contributed by atoms with van der Waals surface area (Å²) in [6, 6.07) is 0. The molecule has 1 aromatic rings. The molecular weight excluding hydrogens is 719 g/mol. The number of carbonyl (C=O) groups is 2. The maximum atomic E-state index is 12.7. The minimum absolute atomic E-state index is 0.00543. The molecule has 1 aromatic heterocycles. The van der Waals surface area contributed by atoms with Crippen molar-refractivity contribution < 1.29 is 19.1 Å². The summed E-state index contributed by atoms with van der Waals surface area (Å²) in [5.41, 5.74) is 0. The van der Waals surface area contributed by atoms with E-state index in [0.29, 0.717) is 37.9 Å². The van der Waals surface area contributed by atoms with Crippen molar-refractivity contribution in [3.63, 3.8) is 0 Å². The van der Waals surface area contributed by atoms with Gasteiger partial charge in [0.1, 0.15) is 0 Å². The molecule has 0 saturated heterocycles. The van der Waals surface area contributed by atoms with E-state index in [-0.39, 0.29) is 11.9 Å². The highest BCUT2D eigenvalue weighted by molar-refractivity contribution is 5.69. The Labute approximate surface area is 360 Å². The van der Waals surface area contributed by atoms with Crippen LogP contribution in [-0.4, -0.2) is 59.2 Å². The summed E-state index contributed by atoms with van der Waals surface area (Å²) < 4.78 is 13.9. The maximum absolute atomic E-state index is 12.7. The first-order chi connectivity index (χ1) is 28.5. The first-order valence-corrected chi connectivity index (χ1v) is 25.5. The molecule has 0 aromatic carbocycles. The van der Waals surface area contributed by atoms with Crippen LogP contribution in [0.1, 0.15) is 246 Å². The van der Waals surface area contributed by atoms with Crippen molar-refractivity contribution in [3.05, 3.63) is 18.7 Å². The zero-order valence-corrected chi connectivity index (χ0v) is 39.1. The van der Waals surface area contributed by atoms with Crippen molar-refractivity contribution in [2.45, 2.75) is 253 Å². The average Bonchev–Trinajstić information content (AvgIpc) is 3.75. The molecule has 2 unspecified atom stereocenters. The number of hydrogen-bond donors (Lipinski definition) is 0. The highest BCUT2D eigenvalue weighted by Gasteiger charge is 2.14. The van der Waals surface area contributed by atoms with Crippen molar-refractivity contribution in [2.24, 2.45) is 11.8 Å². The van der Waals surface area contributed by atoms with Crippen LogP contribution in [-0.2, 0) is 25.6 Å². The number of aryl methyl sites for hydroxylation is 1. The van der Waals surface area contributed by atoms with Gasteiger partial charge in [0.2, 0.25) is 0 Å². The van der Waals surface area contributed by atoms with E-state index in [4.69, 9.17) is 9.47 Å². The zero-order chi connectivity index (χ0) is 42.0. The SMILES string of the molecule is CCCCCCCCCC(CCCCCC)COC(=O)CCCCCN(CCCCCC(=O)OCC(CCCCCC)CCCCCCCC)CCCn1ccnc1. The second-order valence-electron chi connectivity index (χ2n) is 17.9. The largest absolute Gasteiger partial charge is 0.465 e. The Morgan fingerprint density at radius 2 is 0.845 bits per heavy atom. The predicted octanol–water partition coefficient (Wildman–Crippen LogP) is 14.8. The summed E-state index contributed by atoms with van der Waals surface area (Å²) in [7, 11) is 0. The molecule has 0 fully saturated rings. The van der Waals surface area contributed by atoms with Gasteiger partial charge in [0.05, 0.1) is 19.5 Å². The number of ether oxygens (including phenoxy) is 2. The average molecular weight is 816 g/mol. The number of imidazole rings is 1. The van der Waals surface area contributed by atoms with Crippen LogP contribution in [0, 0.1) is 11.8 Å². The minimum atomic E-state index is -0.00659. The van der Waals surface area contributed by atoms with Gasteiger partial charge in [-0.25, -0.2) is 4.98 Å². The minimum Gasteiger partial charge on any atom is -0.465 e. The number of carbonyl (C=O) groups excluding carboxylic acids is 2. The maximum Gasteiger partial charge on any atom is 0.305 e. The summed E-state index contributed by atoms with van der Waals surface area (Å²) in [6.45, 7) is 14.4. The Morgan fingerprint density at radius 1 is 0.483 bits per heavy atom. The third-order valence-corrected chi connectivity index (χ3v) is 12.2. The van der Waals surface area contributed by atoms with E-state index in [0.717, 1.165) is 71.1 Å². The van der Waals surface area contributed by atoms with Gasteiger partial charge in [-0.15, -0.1) is 0 Å². The van der Waals surface area contributed by atoms with Gasteiger partial charge in [-0.3, -0.25) is 9.59 Å². The monoisotopic (exact) mass is 816 g/mol. The molecule has 0 N–H and O–H groups in total. The van der Waals surface area contributed by atoms with Crippen molar-refractivity contribution in [2.75, 3.05) is 32.8 Å². The fourth-order valence-corrected chi connectivity index (χ4v) is 8.31.